The van der Waals surface area contributed by atoms with Gasteiger partial charge in [0, 0.05) is 24.5 Å². The van der Waals surface area contributed by atoms with Gasteiger partial charge in [0.05, 0.1) is 5.92 Å². The van der Waals surface area contributed by atoms with E-state index in [-0.39, 0.29) is 17.2 Å². The number of aromatic nitrogens is 2. The molecule has 6 heteroatoms. The molecule has 0 bridgehead atoms. The first-order valence-electron chi connectivity index (χ1n) is 6.83. The highest BCUT2D eigenvalue weighted by Crippen LogP contribution is 2.33. The molecule has 3 rings (SSSR count). The van der Waals surface area contributed by atoms with Gasteiger partial charge in [0.15, 0.2) is 0 Å². The van der Waals surface area contributed by atoms with Crippen LogP contribution in [0.2, 0.25) is 0 Å². The number of carbonyl (C=O) groups excluding carboxylic acids is 1. The molecule has 5 nitrogen and oxygen atoms in total. The largest absolute Gasteiger partial charge is 0.353 e. The molecule has 0 aromatic carbocycles. The Morgan fingerprint density at radius 3 is 2.53 bits per heavy atom. The van der Waals surface area contributed by atoms with E-state index in [0.717, 1.165) is 36.1 Å². The molecule has 19 heavy (non-hydrogen) atoms. The van der Waals surface area contributed by atoms with Crippen molar-refractivity contribution in [1.82, 2.24) is 15.5 Å². The molecule has 104 valence electrons. The van der Waals surface area contributed by atoms with Crippen LogP contribution in [0.15, 0.2) is 0 Å². The summed E-state index contributed by atoms with van der Waals surface area (Å²) in [5.41, 5.74) is 0.0452. The average Bonchev–Trinajstić information content (AvgIpc) is 2.90. The SMILES string of the molecule is CC(C)(C)c1nnc(N2CC(C(=O)NC3CC3)C2)s1. The molecular weight excluding hydrogens is 260 g/mol. The van der Waals surface area contributed by atoms with Gasteiger partial charge in [-0.1, -0.05) is 32.1 Å². The summed E-state index contributed by atoms with van der Waals surface area (Å²) in [4.78, 5) is 14.0. The second kappa shape index (κ2) is 4.44. The number of carbonyl (C=O) groups is 1. The first-order valence-corrected chi connectivity index (χ1v) is 7.64. The van der Waals surface area contributed by atoms with Crippen LogP contribution in [0.3, 0.4) is 0 Å². The third-order valence-electron chi connectivity index (χ3n) is 3.50. The molecule has 1 saturated heterocycles. The van der Waals surface area contributed by atoms with Crippen molar-refractivity contribution in [3.8, 4) is 0 Å². The number of hydrogen-bond acceptors (Lipinski definition) is 5. The second-order valence-corrected chi connectivity index (χ2v) is 7.48. The summed E-state index contributed by atoms with van der Waals surface area (Å²) < 4.78 is 0. The Labute approximate surface area is 117 Å². The van der Waals surface area contributed by atoms with Crippen molar-refractivity contribution in [2.75, 3.05) is 18.0 Å². The summed E-state index contributed by atoms with van der Waals surface area (Å²) in [6, 6.07) is 0.454. The minimum Gasteiger partial charge on any atom is -0.353 e. The second-order valence-electron chi connectivity index (χ2n) is 6.52. The van der Waals surface area contributed by atoms with Gasteiger partial charge in [-0.3, -0.25) is 4.79 Å². The molecule has 0 radical (unpaired) electrons. The number of anilines is 1. The van der Waals surface area contributed by atoms with Gasteiger partial charge in [0.25, 0.3) is 0 Å². The van der Waals surface area contributed by atoms with Crippen LogP contribution >= 0.6 is 11.3 Å². The van der Waals surface area contributed by atoms with E-state index in [2.05, 4.69) is 41.2 Å². The Morgan fingerprint density at radius 1 is 1.32 bits per heavy atom. The van der Waals surface area contributed by atoms with Gasteiger partial charge in [-0.25, -0.2) is 0 Å². The van der Waals surface area contributed by atoms with Crippen LogP contribution in [0.1, 0.15) is 38.6 Å². The molecule has 2 fully saturated rings. The van der Waals surface area contributed by atoms with Crippen LogP contribution in [0.25, 0.3) is 0 Å². The maximum Gasteiger partial charge on any atom is 0.226 e. The van der Waals surface area contributed by atoms with Crippen LogP contribution in [0.5, 0.6) is 0 Å². The van der Waals surface area contributed by atoms with Crippen molar-refractivity contribution < 1.29 is 4.79 Å². The smallest absolute Gasteiger partial charge is 0.226 e. The van der Waals surface area contributed by atoms with Gasteiger partial charge in [0.2, 0.25) is 11.0 Å². The number of hydrogen-bond donors (Lipinski definition) is 1. The predicted molar refractivity (Wildman–Crippen MR) is 75.5 cm³/mol. The molecule has 1 aliphatic heterocycles. The predicted octanol–water partition coefficient (Wildman–Crippen LogP) is 1.55. The van der Waals surface area contributed by atoms with Crippen molar-refractivity contribution in [2.45, 2.75) is 45.1 Å². The van der Waals surface area contributed by atoms with Crippen LogP contribution in [-0.4, -0.2) is 35.2 Å². The molecule has 1 saturated carbocycles. The fraction of sp³-hybridized carbons (Fsp3) is 0.769. The van der Waals surface area contributed by atoms with E-state index < -0.39 is 0 Å². The molecule has 1 aliphatic carbocycles. The maximum absolute atomic E-state index is 11.8. The summed E-state index contributed by atoms with van der Waals surface area (Å²) >= 11 is 1.64. The van der Waals surface area contributed by atoms with E-state index >= 15 is 0 Å². The Hall–Kier alpha value is -1.17. The third kappa shape index (κ3) is 2.73. The van der Waals surface area contributed by atoms with Gasteiger partial charge < -0.3 is 10.2 Å². The van der Waals surface area contributed by atoms with Gasteiger partial charge >= 0.3 is 0 Å². The van der Waals surface area contributed by atoms with Crippen molar-refractivity contribution in [1.29, 1.82) is 0 Å². The molecule has 0 spiro atoms. The lowest BCUT2D eigenvalue weighted by molar-refractivity contribution is -0.125. The van der Waals surface area contributed by atoms with Gasteiger partial charge in [-0.05, 0) is 12.8 Å². The Kier molecular flexibility index (Phi) is 3.00. The number of nitrogens with zero attached hydrogens (tertiary/aromatic N) is 3. The van der Waals surface area contributed by atoms with Gasteiger partial charge in [0.1, 0.15) is 5.01 Å². The Bertz CT molecular complexity index is 483. The van der Waals surface area contributed by atoms with Crippen molar-refractivity contribution >= 4 is 22.4 Å². The lowest BCUT2D eigenvalue weighted by Gasteiger charge is -2.37. The zero-order valence-corrected chi connectivity index (χ0v) is 12.5. The molecule has 2 aliphatic rings. The van der Waals surface area contributed by atoms with Crippen molar-refractivity contribution in [3.63, 3.8) is 0 Å². The minimum atomic E-state index is 0.0452. The van der Waals surface area contributed by atoms with E-state index in [1.165, 1.54) is 0 Å². The zero-order chi connectivity index (χ0) is 13.6. The Morgan fingerprint density at radius 2 is 2.00 bits per heavy atom. The fourth-order valence-corrected chi connectivity index (χ4v) is 2.91. The van der Waals surface area contributed by atoms with Crippen molar-refractivity contribution in [3.05, 3.63) is 5.01 Å². The first kappa shape index (κ1) is 12.8. The first-order chi connectivity index (χ1) is 8.93. The number of nitrogens with one attached hydrogen (secondary N) is 1. The molecule has 1 amide bonds. The summed E-state index contributed by atoms with van der Waals surface area (Å²) in [7, 11) is 0. The van der Waals surface area contributed by atoms with E-state index in [1.807, 2.05) is 0 Å². The zero-order valence-electron chi connectivity index (χ0n) is 11.6. The Balaban J connectivity index is 1.55. The number of amides is 1. The molecule has 1 N–H and O–H groups in total. The van der Waals surface area contributed by atoms with Gasteiger partial charge in [-0.2, -0.15) is 0 Å². The van der Waals surface area contributed by atoms with E-state index in [0.29, 0.717) is 6.04 Å². The highest BCUT2D eigenvalue weighted by atomic mass is 32.1. The van der Waals surface area contributed by atoms with E-state index in [4.69, 9.17) is 0 Å². The quantitative estimate of drug-likeness (QED) is 0.912. The highest BCUT2D eigenvalue weighted by Gasteiger charge is 2.37. The molecule has 0 atom stereocenters. The molecule has 0 unspecified atom stereocenters. The summed E-state index contributed by atoms with van der Waals surface area (Å²) in [5.74, 6) is 0.335. The topological polar surface area (TPSA) is 58.1 Å². The lowest BCUT2D eigenvalue weighted by atomic mass is 9.98. The molecule has 1 aromatic heterocycles. The van der Waals surface area contributed by atoms with Crippen LogP contribution in [0, 0.1) is 5.92 Å². The number of rotatable bonds is 3. The lowest BCUT2D eigenvalue weighted by Crippen LogP contribution is -2.54. The van der Waals surface area contributed by atoms with E-state index in [9.17, 15) is 4.79 Å². The van der Waals surface area contributed by atoms with Crippen LogP contribution < -0.4 is 10.2 Å². The third-order valence-corrected chi connectivity index (χ3v) is 4.91. The molecule has 2 heterocycles. The fourth-order valence-electron chi connectivity index (χ4n) is 1.99. The van der Waals surface area contributed by atoms with Crippen LogP contribution in [0.4, 0.5) is 5.13 Å². The summed E-state index contributed by atoms with van der Waals surface area (Å²) in [5, 5.41) is 13.5. The highest BCUT2D eigenvalue weighted by molar-refractivity contribution is 7.15. The van der Waals surface area contributed by atoms with Gasteiger partial charge in [-0.15, -0.1) is 10.2 Å². The molecular formula is C13H20N4OS. The van der Waals surface area contributed by atoms with Crippen molar-refractivity contribution in [2.24, 2.45) is 5.92 Å². The monoisotopic (exact) mass is 280 g/mol. The normalized spacial score (nSPS) is 20.3. The summed E-state index contributed by atoms with van der Waals surface area (Å²) in [6.07, 6.45) is 2.29. The molecule has 1 aromatic rings. The standard InChI is InChI=1S/C13H20N4OS/c1-13(2,3)11-15-16-12(19-11)17-6-8(7-17)10(18)14-9-4-5-9/h8-9H,4-7H2,1-3H3,(H,14,18). The maximum atomic E-state index is 11.8. The van der Waals surface area contributed by atoms with Crippen LogP contribution in [-0.2, 0) is 10.2 Å². The average molecular weight is 280 g/mol. The summed E-state index contributed by atoms with van der Waals surface area (Å²) in [6.45, 7) is 7.96. The minimum absolute atomic E-state index is 0.0452. The van der Waals surface area contributed by atoms with E-state index in [1.54, 1.807) is 11.3 Å².